The van der Waals surface area contributed by atoms with Gasteiger partial charge in [0.2, 0.25) is 10.0 Å². The van der Waals surface area contributed by atoms with E-state index in [1.54, 1.807) is 6.07 Å². The van der Waals surface area contributed by atoms with Gasteiger partial charge in [-0.2, -0.15) is 0 Å². The molecule has 2 rings (SSSR count). The van der Waals surface area contributed by atoms with E-state index in [1.807, 2.05) is 6.92 Å². The van der Waals surface area contributed by atoms with Crippen LogP contribution in [0.3, 0.4) is 0 Å². The molecule has 1 saturated carbocycles. The van der Waals surface area contributed by atoms with E-state index in [4.69, 9.17) is 0 Å². The lowest BCUT2D eigenvalue weighted by atomic mass is 10.1. The number of nitrogens with one attached hydrogen (secondary N) is 2. The van der Waals surface area contributed by atoms with E-state index >= 15 is 0 Å². The molecule has 4 nitrogen and oxygen atoms in total. The highest BCUT2D eigenvalue weighted by atomic mass is 32.2. The summed E-state index contributed by atoms with van der Waals surface area (Å²) in [5, 5.41) is 3.27. The highest BCUT2D eigenvalue weighted by Crippen LogP contribution is 2.23. The molecule has 1 aliphatic carbocycles. The summed E-state index contributed by atoms with van der Waals surface area (Å²) < 4.78 is 41.1. The predicted octanol–water partition coefficient (Wildman–Crippen LogP) is 2.46. The number of hydrogen-bond donors (Lipinski definition) is 2. The summed E-state index contributed by atoms with van der Waals surface area (Å²) in [7, 11) is -3.65. The molecular weight excluding hydrogens is 291 g/mol. The Morgan fingerprint density at radius 3 is 2.67 bits per heavy atom. The lowest BCUT2D eigenvalue weighted by Crippen LogP contribution is -2.26. The maximum atomic E-state index is 14.0. The summed E-state index contributed by atoms with van der Waals surface area (Å²) in [5.41, 5.74) is 0.843. The Hall–Kier alpha value is -0.980. The topological polar surface area (TPSA) is 58.2 Å². The summed E-state index contributed by atoms with van der Waals surface area (Å²) in [6, 6.07) is 3.48. The second-order valence-corrected chi connectivity index (χ2v) is 7.34. The number of hydrogen-bond acceptors (Lipinski definition) is 3. The van der Waals surface area contributed by atoms with Gasteiger partial charge in [0.1, 0.15) is 5.82 Å². The van der Waals surface area contributed by atoms with E-state index in [0.717, 1.165) is 25.7 Å². The third kappa shape index (κ3) is 4.49. The van der Waals surface area contributed by atoms with Crippen molar-refractivity contribution in [3.8, 4) is 0 Å². The molecule has 0 heterocycles. The van der Waals surface area contributed by atoms with Gasteiger partial charge in [-0.25, -0.2) is 17.5 Å². The summed E-state index contributed by atoms with van der Waals surface area (Å²) in [6.07, 6.45) is 3.95. The minimum absolute atomic E-state index is 0.0474. The molecular formula is C15H23FN2O2S. The number of halogens is 1. The highest BCUT2D eigenvalue weighted by molar-refractivity contribution is 7.89. The molecule has 0 amide bonds. The number of rotatable bonds is 8. The average molecular weight is 314 g/mol. The number of unbranched alkanes of at least 4 members (excludes halogenated alkanes) is 1. The van der Waals surface area contributed by atoms with E-state index in [2.05, 4.69) is 10.0 Å². The Kier molecular flexibility index (Phi) is 5.35. The molecule has 1 fully saturated rings. The molecule has 2 N–H and O–H groups in total. The van der Waals surface area contributed by atoms with Gasteiger partial charge < -0.3 is 5.32 Å². The van der Waals surface area contributed by atoms with Crippen molar-refractivity contribution in [3.05, 3.63) is 29.1 Å². The summed E-state index contributed by atoms with van der Waals surface area (Å²) in [6.45, 7) is 4.37. The van der Waals surface area contributed by atoms with Crippen LogP contribution in [0.2, 0.25) is 0 Å². The Balaban J connectivity index is 2.19. The largest absolute Gasteiger partial charge is 0.310 e. The summed E-state index contributed by atoms with van der Waals surface area (Å²) >= 11 is 0. The second-order valence-electron chi connectivity index (χ2n) is 5.61. The fraction of sp³-hybridized carbons (Fsp3) is 0.600. The number of benzene rings is 1. The van der Waals surface area contributed by atoms with E-state index < -0.39 is 15.8 Å². The molecule has 1 aliphatic rings. The van der Waals surface area contributed by atoms with Crippen LogP contribution in [0.5, 0.6) is 0 Å². The van der Waals surface area contributed by atoms with Gasteiger partial charge in [-0.05, 0) is 43.9 Å². The fourth-order valence-electron chi connectivity index (χ4n) is 2.10. The monoisotopic (exact) mass is 314 g/mol. The molecule has 0 spiro atoms. The average Bonchev–Trinajstić information content (AvgIpc) is 3.24. The lowest BCUT2D eigenvalue weighted by Gasteiger charge is -2.12. The molecule has 0 radical (unpaired) electrons. The minimum Gasteiger partial charge on any atom is -0.310 e. The zero-order valence-corrected chi connectivity index (χ0v) is 13.4. The van der Waals surface area contributed by atoms with Gasteiger partial charge in [-0.3, -0.25) is 0 Å². The van der Waals surface area contributed by atoms with Crippen LogP contribution in [0.15, 0.2) is 17.0 Å². The lowest BCUT2D eigenvalue weighted by molar-refractivity contribution is 0.570. The van der Waals surface area contributed by atoms with Crippen molar-refractivity contribution in [3.63, 3.8) is 0 Å². The van der Waals surface area contributed by atoms with Crippen LogP contribution >= 0.6 is 0 Å². The van der Waals surface area contributed by atoms with E-state index in [-0.39, 0.29) is 10.5 Å². The molecule has 1 aromatic carbocycles. The van der Waals surface area contributed by atoms with Crippen LogP contribution in [0.1, 0.15) is 43.7 Å². The molecule has 118 valence electrons. The molecule has 0 aromatic heterocycles. The Labute approximate surface area is 126 Å². The van der Waals surface area contributed by atoms with Crippen molar-refractivity contribution < 1.29 is 12.8 Å². The van der Waals surface area contributed by atoms with Gasteiger partial charge in [-0.15, -0.1) is 0 Å². The van der Waals surface area contributed by atoms with Gasteiger partial charge >= 0.3 is 0 Å². The van der Waals surface area contributed by atoms with Crippen LogP contribution in [0.25, 0.3) is 0 Å². The smallest absolute Gasteiger partial charge is 0.240 e. The fourth-order valence-corrected chi connectivity index (χ4v) is 3.47. The first kappa shape index (κ1) is 16.4. The molecule has 1 aromatic rings. The Morgan fingerprint density at radius 1 is 1.33 bits per heavy atom. The zero-order valence-electron chi connectivity index (χ0n) is 12.6. The van der Waals surface area contributed by atoms with E-state index in [1.165, 1.54) is 13.0 Å². The first-order chi connectivity index (χ1) is 9.94. The maximum Gasteiger partial charge on any atom is 0.240 e. The van der Waals surface area contributed by atoms with E-state index in [9.17, 15) is 12.8 Å². The Bertz CT molecular complexity index is 598. The van der Waals surface area contributed by atoms with Gasteiger partial charge in [0, 0.05) is 24.7 Å². The first-order valence-corrected chi connectivity index (χ1v) is 8.94. The van der Waals surface area contributed by atoms with Gasteiger partial charge in [-0.1, -0.05) is 13.3 Å². The van der Waals surface area contributed by atoms with Gasteiger partial charge in [0.15, 0.2) is 0 Å². The molecule has 6 heteroatoms. The summed E-state index contributed by atoms with van der Waals surface area (Å²) in [4.78, 5) is 0.0474. The van der Waals surface area contributed by atoms with E-state index in [0.29, 0.717) is 24.7 Å². The van der Waals surface area contributed by atoms with Crippen molar-refractivity contribution in [2.24, 2.45) is 0 Å². The first-order valence-electron chi connectivity index (χ1n) is 7.46. The highest BCUT2D eigenvalue weighted by Gasteiger charge is 2.22. The van der Waals surface area contributed by atoms with Crippen molar-refractivity contribution in [2.45, 2.75) is 57.0 Å². The standard InChI is InChI=1S/C15H23FN2O2S/c1-3-4-7-18-21(19,20)15-9-12(8-14(16)11(15)2)10-17-13-5-6-13/h8-9,13,17-18H,3-7,10H2,1-2H3. The minimum atomic E-state index is -3.65. The zero-order chi connectivity index (χ0) is 15.5. The number of sulfonamides is 1. The quantitative estimate of drug-likeness (QED) is 0.725. The predicted molar refractivity (Wildman–Crippen MR) is 81.1 cm³/mol. The third-order valence-electron chi connectivity index (χ3n) is 3.64. The van der Waals surface area contributed by atoms with Crippen LogP contribution in [0.4, 0.5) is 4.39 Å². The van der Waals surface area contributed by atoms with Crippen molar-refractivity contribution in [2.75, 3.05) is 6.54 Å². The molecule has 0 unspecified atom stereocenters. The molecule has 0 atom stereocenters. The molecule has 21 heavy (non-hydrogen) atoms. The van der Waals surface area contributed by atoms with Crippen molar-refractivity contribution in [1.82, 2.24) is 10.0 Å². The third-order valence-corrected chi connectivity index (χ3v) is 5.23. The normalized spacial score (nSPS) is 15.4. The van der Waals surface area contributed by atoms with Crippen LogP contribution in [0, 0.1) is 12.7 Å². The maximum absolute atomic E-state index is 14.0. The van der Waals surface area contributed by atoms with Crippen molar-refractivity contribution >= 4 is 10.0 Å². The molecule has 0 saturated heterocycles. The molecule has 0 aliphatic heterocycles. The van der Waals surface area contributed by atoms with Crippen molar-refractivity contribution in [1.29, 1.82) is 0 Å². The van der Waals surface area contributed by atoms with Gasteiger partial charge in [0.05, 0.1) is 4.90 Å². The van der Waals surface area contributed by atoms with Crippen LogP contribution < -0.4 is 10.0 Å². The Morgan fingerprint density at radius 2 is 2.05 bits per heavy atom. The second kappa shape index (κ2) is 6.85. The SMILES string of the molecule is CCCCNS(=O)(=O)c1cc(CNC2CC2)cc(F)c1C. The van der Waals surface area contributed by atoms with Crippen LogP contribution in [-0.2, 0) is 16.6 Å². The van der Waals surface area contributed by atoms with Crippen LogP contribution in [-0.4, -0.2) is 21.0 Å². The molecule has 0 bridgehead atoms. The van der Waals surface area contributed by atoms with Gasteiger partial charge in [0.25, 0.3) is 0 Å². The summed E-state index contributed by atoms with van der Waals surface area (Å²) in [5.74, 6) is -0.471.